The van der Waals surface area contributed by atoms with E-state index in [1.807, 2.05) is 60.7 Å². The minimum absolute atomic E-state index is 0.0748. The van der Waals surface area contributed by atoms with E-state index in [-0.39, 0.29) is 5.91 Å². The Labute approximate surface area is 222 Å². The molecule has 1 amide bonds. The lowest BCUT2D eigenvalue weighted by Crippen LogP contribution is -2.26. The Hall–Kier alpha value is -4.09. The Morgan fingerprint density at radius 2 is 1.30 bits per heavy atom. The third kappa shape index (κ3) is 6.19. The van der Waals surface area contributed by atoms with Crippen LogP contribution >= 0.6 is 11.8 Å². The van der Waals surface area contributed by atoms with Crippen molar-refractivity contribution < 1.29 is 4.79 Å². The van der Waals surface area contributed by atoms with Crippen LogP contribution in [0.2, 0.25) is 0 Å². The van der Waals surface area contributed by atoms with Gasteiger partial charge in [0.1, 0.15) is 0 Å². The average molecular weight is 504 g/mol. The van der Waals surface area contributed by atoms with Gasteiger partial charge in [0.25, 0.3) is 0 Å². The Kier molecular flexibility index (Phi) is 8.14. The highest BCUT2D eigenvalue weighted by Crippen LogP contribution is 2.38. The molecule has 4 nitrogen and oxygen atoms in total. The van der Waals surface area contributed by atoms with E-state index in [4.69, 9.17) is 4.98 Å². The van der Waals surface area contributed by atoms with E-state index in [1.165, 1.54) is 5.56 Å². The molecule has 1 aromatic heterocycles. The molecular weight excluding hydrogens is 474 g/mol. The van der Waals surface area contributed by atoms with E-state index in [0.717, 1.165) is 45.5 Å². The zero-order chi connectivity index (χ0) is 25.3. The fourth-order valence-electron chi connectivity index (χ4n) is 4.30. The standard InChI is InChI=1S/C32H29N3OS/c36-29(22-21-25-13-5-1-6-14-25)33-23-24-37-32-34-30(26-15-7-2-8-16-26)31(27-17-9-3-10-18-27)35(32)28-19-11-4-12-20-28/h1-20H,21-24H2,(H,33,36). The Morgan fingerprint density at radius 3 is 1.95 bits per heavy atom. The second-order valence-corrected chi connectivity index (χ2v) is 9.74. The van der Waals surface area contributed by atoms with Crippen molar-refractivity contribution in [2.45, 2.75) is 18.0 Å². The van der Waals surface area contributed by atoms with Gasteiger partial charge in [0, 0.05) is 35.5 Å². The quantitative estimate of drug-likeness (QED) is 0.164. The van der Waals surface area contributed by atoms with Crippen molar-refractivity contribution in [2.24, 2.45) is 0 Å². The fraction of sp³-hybridized carbons (Fsp3) is 0.125. The molecule has 0 spiro atoms. The number of para-hydroxylation sites is 1. The summed E-state index contributed by atoms with van der Waals surface area (Å²) in [6.45, 7) is 0.585. The highest BCUT2D eigenvalue weighted by molar-refractivity contribution is 7.99. The predicted molar refractivity (Wildman–Crippen MR) is 153 cm³/mol. The summed E-state index contributed by atoms with van der Waals surface area (Å²) in [5.41, 5.74) is 6.44. The molecule has 0 aliphatic carbocycles. The fourth-order valence-corrected chi connectivity index (χ4v) is 5.16. The molecule has 5 rings (SSSR count). The molecule has 0 fully saturated rings. The average Bonchev–Trinajstić information content (AvgIpc) is 3.35. The van der Waals surface area contributed by atoms with Crippen LogP contribution in [-0.2, 0) is 11.2 Å². The van der Waals surface area contributed by atoms with Crippen molar-refractivity contribution in [3.05, 3.63) is 127 Å². The molecular formula is C32H29N3OS. The maximum absolute atomic E-state index is 12.4. The number of carbonyl (C=O) groups excluding carboxylic acids is 1. The summed E-state index contributed by atoms with van der Waals surface area (Å²) >= 11 is 1.66. The summed E-state index contributed by atoms with van der Waals surface area (Å²) in [7, 11) is 0. The number of benzene rings is 4. The third-order valence-corrected chi connectivity index (χ3v) is 7.03. The maximum Gasteiger partial charge on any atom is 0.220 e. The Bertz CT molecular complexity index is 1420. The van der Waals surface area contributed by atoms with E-state index >= 15 is 0 Å². The molecule has 37 heavy (non-hydrogen) atoms. The number of amides is 1. The van der Waals surface area contributed by atoms with Crippen LogP contribution in [0.3, 0.4) is 0 Å². The van der Waals surface area contributed by atoms with E-state index in [2.05, 4.69) is 70.5 Å². The lowest BCUT2D eigenvalue weighted by atomic mass is 10.0. The predicted octanol–water partition coefficient (Wildman–Crippen LogP) is 7.05. The smallest absolute Gasteiger partial charge is 0.220 e. The van der Waals surface area contributed by atoms with Gasteiger partial charge in [0.05, 0.1) is 11.4 Å². The van der Waals surface area contributed by atoms with Gasteiger partial charge < -0.3 is 5.32 Å². The van der Waals surface area contributed by atoms with Gasteiger partial charge >= 0.3 is 0 Å². The monoisotopic (exact) mass is 503 g/mol. The molecule has 0 radical (unpaired) electrons. The van der Waals surface area contributed by atoms with Crippen LogP contribution in [0.5, 0.6) is 0 Å². The summed E-state index contributed by atoms with van der Waals surface area (Å²) in [5.74, 6) is 0.800. The molecule has 0 saturated carbocycles. The van der Waals surface area contributed by atoms with Crippen molar-refractivity contribution >= 4 is 17.7 Å². The molecule has 0 atom stereocenters. The highest BCUT2D eigenvalue weighted by atomic mass is 32.2. The number of aromatic nitrogens is 2. The first-order valence-electron chi connectivity index (χ1n) is 12.5. The lowest BCUT2D eigenvalue weighted by Gasteiger charge is -2.13. The van der Waals surface area contributed by atoms with Crippen LogP contribution < -0.4 is 5.32 Å². The second-order valence-electron chi connectivity index (χ2n) is 8.68. The largest absolute Gasteiger partial charge is 0.355 e. The number of rotatable bonds is 10. The number of thioether (sulfide) groups is 1. The molecule has 5 aromatic rings. The molecule has 184 valence electrons. The van der Waals surface area contributed by atoms with Crippen molar-refractivity contribution in [2.75, 3.05) is 12.3 Å². The van der Waals surface area contributed by atoms with Gasteiger partial charge in [-0.25, -0.2) is 4.98 Å². The number of aryl methyl sites for hydroxylation is 1. The minimum atomic E-state index is 0.0748. The molecule has 0 aliphatic rings. The van der Waals surface area contributed by atoms with Gasteiger partial charge in [0.15, 0.2) is 5.16 Å². The normalized spacial score (nSPS) is 10.8. The zero-order valence-corrected chi connectivity index (χ0v) is 21.4. The number of hydrogen-bond acceptors (Lipinski definition) is 3. The number of nitrogens with zero attached hydrogens (tertiary/aromatic N) is 2. The molecule has 1 N–H and O–H groups in total. The van der Waals surface area contributed by atoms with Gasteiger partial charge in [-0.15, -0.1) is 0 Å². The molecule has 5 heteroatoms. The minimum Gasteiger partial charge on any atom is -0.355 e. The first-order chi connectivity index (χ1) is 18.3. The van der Waals surface area contributed by atoms with E-state index < -0.39 is 0 Å². The Balaban J connectivity index is 1.38. The van der Waals surface area contributed by atoms with Crippen molar-refractivity contribution in [1.29, 1.82) is 0 Å². The molecule has 0 unspecified atom stereocenters. The number of carbonyl (C=O) groups is 1. The maximum atomic E-state index is 12.4. The number of nitrogens with one attached hydrogen (secondary N) is 1. The third-order valence-electron chi connectivity index (χ3n) is 6.09. The molecule has 0 saturated heterocycles. The number of imidazole rings is 1. The summed E-state index contributed by atoms with van der Waals surface area (Å²) in [4.78, 5) is 17.5. The molecule has 0 aliphatic heterocycles. The van der Waals surface area contributed by atoms with Gasteiger partial charge in [0.2, 0.25) is 5.91 Å². The summed E-state index contributed by atoms with van der Waals surface area (Å²) in [6, 6.07) is 41.2. The van der Waals surface area contributed by atoms with Crippen molar-refractivity contribution in [3.63, 3.8) is 0 Å². The van der Waals surface area contributed by atoms with E-state index in [0.29, 0.717) is 13.0 Å². The second kappa shape index (κ2) is 12.2. The van der Waals surface area contributed by atoms with Gasteiger partial charge in [-0.1, -0.05) is 121 Å². The van der Waals surface area contributed by atoms with Crippen LogP contribution in [0.25, 0.3) is 28.2 Å². The van der Waals surface area contributed by atoms with E-state index in [9.17, 15) is 4.79 Å². The molecule has 4 aromatic carbocycles. The van der Waals surface area contributed by atoms with Crippen molar-refractivity contribution in [3.8, 4) is 28.2 Å². The van der Waals surface area contributed by atoms with Crippen LogP contribution in [0, 0.1) is 0 Å². The van der Waals surface area contributed by atoms with Crippen LogP contribution in [-0.4, -0.2) is 27.8 Å². The summed E-state index contributed by atoms with van der Waals surface area (Å²) in [5, 5.41) is 3.98. The van der Waals surface area contributed by atoms with Gasteiger partial charge in [-0.2, -0.15) is 0 Å². The lowest BCUT2D eigenvalue weighted by molar-refractivity contribution is -0.120. The van der Waals surface area contributed by atoms with Crippen LogP contribution in [0.15, 0.2) is 126 Å². The topological polar surface area (TPSA) is 46.9 Å². The van der Waals surface area contributed by atoms with Gasteiger partial charge in [-0.3, -0.25) is 9.36 Å². The van der Waals surface area contributed by atoms with Crippen LogP contribution in [0.1, 0.15) is 12.0 Å². The molecule has 1 heterocycles. The first kappa shape index (κ1) is 24.6. The molecule has 0 bridgehead atoms. The van der Waals surface area contributed by atoms with E-state index in [1.54, 1.807) is 11.8 Å². The van der Waals surface area contributed by atoms with Gasteiger partial charge in [-0.05, 0) is 24.1 Å². The summed E-state index contributed by atoms with van der Waals surface area (Å²) < 4.78 is 2.24. The highest BCUT2D eigenvalue weighted by Gasteiger charge is 2.21. The SMILES string of the molecule is O=C(CCc1ccccc1)NCCSc1nc(-c2ccccc2)c(-c2ccccc2)n1-c1ccccc1. The summed E-state index contributed by atoms with van der Waals surface area (Å²) in [6.07, 6.45) is 1.24. The van der Waals surface area contributed by atoms with Crippen LogP contribution in [0.4, 0.5) is 0 Å². The Morgan fingerprint density at radius 1 is 0.730 bits per heavy atom. The van der Waals surface area contributed by atoms with Crippen molar-refractivity contribution in [1.82, 2.24) is 14.9 Å². The number of hydrogen-bond donors (Lipinski definition) is 1. The first-order valence-corrected chi connectivity index (χ1v) is 13.5. The zero-order valence-electron chi connectivity index (χ0n) is 20.6.